The van der Waals surface area contributed by atoms with Crippen molar-refractivity contribution < 1.29 is 9.21 Å². The molecule has 1 aromatic carbocycles. The van der Waals surface area contributed by atoms with Crippen molar-refractivity contribution in [2.75, 3.05) is 32.7 Å². The standard InChI is InChI=1S/C17H20ClN3O2/c18-13-2-3-15-14(10-13)19-17(23-15)12-4-8-20(9-5-12)11-16(22)21-6-1-7-21/h2-3,10,12H,1,4-9,11H2. The lowest BCUT2D eigenvalue weighted by atomic mass is 9.97. The van der Waals surface area contributed by atoms with Crippen LogP contribution in [-0.2, 0) is 4.79 Å². The van der Waals surface area contributed by atoms with Gasteiger partial charge in [-0.1, -0.05) is 11.6 Å². The molecule has 2 fully saturated rings. The number of aromatic nitrogens is 1. The summed E-state index contributed by atoms with van der Waals surface area (Å²) in [4.78, 5) is 20.8. The molecule has 0 bridgehead atoms. The topological polar surface area (TPSA) is 49.6 Å². The molecule has 0 saturated carbocycles. The molecule has 23 heavy (non-hydrogen) atoms. The Balaban J connectivity index is 1.37. The molecule has 0 unspecified atom stereocenters. The van der Waals surface area contributed by atoms with Crippen molar-refractivity contribution in [1.29, 1.82) is 0 Å². The van der Waals surface area contributed by atoms with Crippen molar-refractivity contribution in [3.63, 3.8) is 0 Å². The van der Waals surface area contributed by atoms with Crippen LogP contribution in [0.25, 0.3) is 11.1 Å². The number of fused-ring (bicyclic) bond motifs is 1. The van der Waals surface area contributed by atoms with E-state index >= 15 is 0 Å². The zero-order valence-electron chi connectivity index (χ0n) is 13.0. The summed E-state index contributed by atoms with van der Waals surface area (Å²) in [6, 6.07) is 5.53. The molecule has 0 radical (unpaired) electrons. The van der Waals surface area contributed by atoms with Crippen LogP contribution in [0.1, 0.15) is 31.1 Å². The molecule has 2 aliphatic heterocycles. The van der Waals surface area contributed by atoms with Gasteiger partial charge in [0, 0.05) is 24.0 Å². The van der Waals surface area contributed by atoms with Crippen molar-refractivity contribution >= 4 is 28.6 Å². The summed E-state index contributed by atoms with van der Waals surface area (Å²) >= 11 is 6.00. The first-order valence-electron chi connectivity index (χ1n) is 8.25. The van der Waals surface area contributed by atoms with Gasteiger partial charge in [0.1, 0.15) is 5.52 Å². The highest BCUT2D eigenvalue weighted by molar-refractivity contribution is 6.31. The summed E-state index contributed by atoms with van der Waals surface area (Å²) < 4.78 is 5.88. The molecule has 2 aromatic rings. The summed E-state index contributed by atoms with van der Waals surface area (Å²) in [7, 11) is 0. The third-order valence-corrected chi connectivity index (χ3v) is 5.11. The highest BCUT2D eigenvalue weighted by atomic mass is 35.5. The first kappa shape index (κ1) is 15.0. The van der Waals surface area contributed by atoms with Gasteiger partial charge in [-0.15, -0.1) is 0 Å². The molecule has 0 atom stereocenters. The van der Waals surface area contributed by atoms with Crippen LogP contribution in [-0.4, -0.2) is 53.4 Å². The number of halogens is 1. The molecule has 2 saturated heterocycles. The van der Waals surface area contributed by atoms with Crippen molar-refractivity contribution in [1.82, 2.24) is 14.8 Å². The second-order valence-electron chi connectivity index (χ2n) is 6.45. The maximum Gasteiger partial charge on any atom is 0.236 e. The number of hydrogen-bond donors (Lipinski definition) is 0. The number of oxazole rings is 1. The lowest BCUT2D eigenvalue weighted by molar-refractivity contribution is -0.136. The summed E-state index contributed by atoms with van der Waals surface area (Å²) in [5, 5.41) is 0.677. The smallest absolute Gasteiger partial charge is 0.236 e. The number of benzene rings is 1. The highest BCUT2D eigenvalue weighted by Gasteiger charge is 2.28. The van der Waals surface area contributed by atoms with E-state index in [-0.39, 0.29) is 5.91 Å². The maximum absolute atomic E-state index is 12.0. The number of carbonyl (C=O) groups excluding carboxylic acids is 1. The van der Waals surface area contributed by atoms with E-state index < -0.39 is 0 Å². The molecule has 2 aliphatic rings. The fraction of sp³-hybridized carbons (Fsp3) is 0.529. The summed E-state index contributed by atoms with van der Waals surface area (Å²) in [5.41, 5.74) is 1.61. The Morgan fingerprint density at radius 3 is 2.74 bits per heavy atom. The average Bonchev–Trinajstić information content (AvgIpc) is 2.89. The van der Waals surface area contributed by atoms with Crippen LogP contribution in [0, 0.1) is 0 Å². The van der Waals surface area contributed by atoms with E-state index in [1.165, 1.54) is 0 Å². The van der Waals surface area contributed by atoms with E-state index in [1.54, 1.807) is 0 Å². The molecule has 0 spiro atoms. The summed E-state index contributed by atoms with van der Waals surface area (Å²) in [5.74, 6) is 1.40. The largest absolute Gasteiger partial charge is 0.440 e. The molecule has 3 heterocycles. The van der Waals surface area contributed by atoms with Crippen LogP contribution < -0.4 is 0 Å². The molecule has 0 aliphatic carbocycles. The van der Waals surface area contributed by atoms with E-state index in [2.05, 4.69) is 9.88 Å². The molecule has 4 rings (SSSR count). The Labute approximate surface area is 140 Å². The second-order valence-corrected chi connectivity index (χ2v) is 6.89. The Morgan fingerprint density at radius 2 is 2.04 bits per heavy atom. The minimum Gasteiger partial charge on any atom is -0.440 e. The predicted octanol–water partition coefficient (Wildman–Crippen LogP) is 2.89. The Kier molecular flexibility index (Phi) is 3.99. The Bertz CT molecular complexity index is 718. The lowest BCUT2D eigenvalue weighted by Gasteiger charge is -2.35. The third-order valence-electron chi connectivity index (χ3n) is 4.87. The van der Waals surface area contributed by atoms with Crippen LogP contribution in [0.15, 0.2) is 22.6 Å². The Hall–Kier alpha value is -1.59. The number of likely N-dealkylation sites (tertiary alicyclic amines) is 2. The highest BCUT2D eigenvalue weighted by Crippen LogP contribution is 2.30. The fourth-order valence-electron chi connectivity index (χ4n) is 3.29. The van der Waals surface area contributed by atoms with Gasteiger partial charge in [-0.2, -0.15) is 0 Å². The monoisotopic (exact) mass is 333 g/mol. The number of piperidine rings is 1. The quantitative estimate of drug-likeness (QED) is 0.866. The number of rotatable bonds is 3. The zero-order valence-corrected chi connectivity index (χ0v) is 13.8. The maximum atomic E-state index is 12.0. The second kappa shape index (κ2) is 6.13. The predicted molar refractivity (Wildman–Crippen MR) is 88.6 cm³/mol. The minimum absolute atomic E-state index is 0.270. The lowest BCUT2D eigenvalue weighted by Crippen LogP contribution is -2.48. The van der Waals surface area contributed by atoms with Crippen molar-refractivity contribution in [2.24, 2.45) is 0 Å². The van der Waals surface area contributed by atoms with Gasteiger partial charge in [0.15, 0.2) is 11.5 Å². The van der Waals surface area contributed by atoms with Gasteiger partial charge in [-0.05, 0) is 50.6 Å². The minimum atomic E-state index is 0.270. The number of nitrogens with zero attached hydrogens (tertiary/aromatic N) is 3. The number of amides is 1. The van der Waals surface area contributed by atoms with Crippen molar-refractivity contribution in [3.05, 3.63) is 29.1 Å². The molecule has 1 amide bonds. The van der Waals surface area contributed by atoms with E-state index in [0.717, 1.165) is 62.4 Å². The zero-order chi connectivity index (χ0) is 15.8. The molecule has 1 aromatic heterocycles. The van der Waals surface area contributed by atoms with Gasteiger partial charge in [0.2, 0.25) is 5.91 Å². The van der Waals surface area contributed by atoms with Gasteiger partial charge in [0.05, 0.1) is 6.54 Å². The van der Waals surface area contributed by atoms with Crippen molar-refractivity contribution in [2.45, 2.75) is 25.2 Å². The van der Waals surface area contributed by atoms with E-state index in [4.69, 9.17) is 16.0 Å². The molecule has 5 nitrogen and oxygen atoms in total. The molecule has 6 heteroatoms. The number of carbonyl (C=O) groups is 1. The first-order valence-corrected chi connectivity index (χ1v) is 8.63. The Morgan fingerprint density at radius 1 is 1.26 bits per heavy atom. The molecule has 122 valence electrons. The SMILES string of the molecule is O=C(CN1CCC(c2nc3cc(Cl)ccc3o2)CC1)N1CCC1. The van der Waals surface area contributed by atoms with Crippen LogP contribution in [0.4, 0.5) is 0 Å². The van der Waals surface area contributed by atoms with Gasteiger partial charge < -0.3 is 9.32 Å². The van der Waals surface area contributed by atoms with Crippen LogP contribution in [0.3, 0.4) is 0 Å². The van der Waals surface area contributed by atoms with Crippen molar-refractivity contribution in [3.8, 4) is 0 Å². The summed E-state index contributed by atoms with van der Waals surface area (Å²) in [6.45, 7) is 4.25. The fourth-order valence-corrected chi connectivity index (χ4v) is 3.45. The van der Waals surface area contributed by atoms with Crippen LogP contribution in [0.5, 0.6) is 0 Å². The van der Waals surface area contributed by atoms with E-state index in [9.17, 15) is 4.79 Å². The third kappa shape index (κ3) is 3.08. The summed E-state index contributed by atoms with van der Waals surface area (Å²) in [6.07, 6.45) is 3.11. The molecular weight excluding hydrogens is 314 g/mol. The average molecular weight is 334 g/mol. The van der Waals surface area contributed by atoms with Gasteiger partial charge >= 0.3 is 0 Å². The van der Waals surface area contributed by atoms with E-state index in [0.29, 0.717) is 17.5 Å². The van der Waals surface area contributed by atoms with Gasteiger partial charge in [-0.25, -0.2) is 4.98 Å². The van der Waals surface area contributed by atoms with Crippen LogP contribution >= 0.6 is 11.6 Å². The normalized spacial score (nSPS) is 20.0. The van der Waals surface area contributed by atoms with Gasteiger partial charge in [0.25, 0.3) is 0 Å². The van der Waals surface area contributed by atoms with Crippen LogP contribution in [0.2, 0.25) is 5.02 Å². The van der Waals surface area contributed by atoms with E-state index in [1.807, 2.05) is 23.1 Å². The first-order chi connectivity index (χ1) is 11.2. The number of hydrogen-bond acceptors (Lipinski definition) is 4. The van der Waals surface area contributed by atoms with Gasteiger partial charge in [-0.3, -0.25) is 9.69 Å². The molecular formula is C17H20ClN3O2. The molecule has 0 N–H and O–H groups in total.